The third-order valence-corrected chi connectivity index (χ3v) is 9.78. The lowest BCUT2D eigenvalue weighted by Gasteiger charge is -2.59. The van der Waals surface area contributed by atoms with Gasteiger partial charge in [0.2, 0.25) is 0 Å². The van der Waals surface area contributed by atoms with Crippen molar-refractivity contribution in [3.05, 3.63) is 47.5 Å². The highest BCUT2D eigenvalue weighted by atomic mass is 32.2. The summed E-state index contributed by atoms with van der Waals surface area (Å²) in [5.74, 6) is 0.879. The highest BCUT2D eigenvalue weighted by Crippen LogP contribution is 2.45. The van der Waals surface area contributed by atoms with Gasteiger partial charge < -0.3 is 19.6 Å². The van der Waals surface area contributed by atoms with Gasteiger partial charge in [0, 0.05) is 44.4 Å². The number of hydrogen-bond acceptors (Lipinski definition) is 7. The monoisotopic (exact) mass is 554 g/mol. The maximum atomic E-state index is 13.3. The fourth-order valence-electron chi connectivity index (χ4n) is 6.20. The first-order valence-corrected chi connectivity index (χ1v) is 15.1. The van der Waals surface area contributed by atoms with Crippen molar-refractivity contribution in [1.82, 2.24) is 14.6 Å². The number of carboxylic acid groups (broad SMARTS) is 1. The Morgan fingerprint density at radius 2 is 1.77 bits per heavy atom. The molecule has 208 valence electrons. The maximum Gasteiger partial charge on any atom is 0.407 e. The van der Waals surface area contributed by atoms with Gasteiger partial charge >= 0.3 is 6.09 Å². The number of aryl methyl sites for hydroxylation is 1. The molecule has 0 bridgehead atoms. The molecular weight excluding hydrogens is 520 g/mol. The van der Waals surface area contributed by atoms with Crippen molar-refractivity contribution in [2.24, 2.45) is 5.41 Å². The zero-order chi connectivity index (χ0) is 27.4. The molecule has 1 aromatic heterocycles. The Kier molecular flexibility index (Phi) is 6.24. The molecule has 2 saturated carbocycles. The molecule has 2 aliphatic heterocycles. The summed E-state index contributed by atoms with van der Waals surface area (Å²) in [5, 5.41) is 8.85. The summed E-state index contributed by atoms with van der Waals surface area (Å²) in [6.07, 6.45) is 5.73. The predicted octanol–water partition coefficient (Wildman–Crippen LogP) is 3.65. The van der Waals surface area contributed by atoms with Crippen LogP contribution in [0.5, 0.6) is 5.75 Å². The Balaban J connectivity index is 1.13. The Bertz CT molecular complexity index is 1400. The molecule has 1 spiro atoms. The number of pyridine rings is 1. The van der Waals surface area contributed by atoms with Crippen LogP contribution in [0.15, 0.2) is 41.4 Å². The summed E-state index contributed by atoms with van der Waals surface area (Å²) in [6, 6.07) is 10.8. The van der Waals surface area contributed by atoms with Crippen LogP contribution in [0.1, 0.15) is 62.0 Å². The van der Waals surface area contributed by atoms with Crippen molar-refractivity contribution < 1.29 is 27.9 Å². The minimum atomic E-state index is -4.22. The number of hydrogen-bond donors (Lipinski definition) is 2. The Hall–Kier alpha value is -3.34. The lowest BCUT2D eigenvalue weighted by atomic mass is 9.73. The van der Waals surface area contributed by atoms with Crippen LogP contribution in [-0.2, 0) is 14.8 Å². The van der Waals surface area contributed by atoms with Crippen LogP contribution in [0.25, 0.3) is 0 Å². The summed E-state index contributed by atoms with van der Waals surface area (Å²) in [5.41, 5.74) is 0.832. The summed E-state index contributed by atoms with van der Waals surface area (Å²) < 4.78 is 34.9. The Labute approximate surface area is 228 Å². The molecule has 0 radical (unpaired) electrons. The molecule has 2 aliphatic carbocycles. The second-order valence-corrected chi connectivity index (χ2v) is 13.4. The van der Waals surface area contributed by atoms with Crippen molar-refractivity contribution in [2.45, 2.75) is 68.4 Å². The zero-order valence-electron chi connectivity index (χ0n) is 22.1. The smallest absolute Gasteiger partial charge is 0.407 e. The molecule has 2 N–H and O–H groups in total. The van der Waals surface area contributed by atoms with Gasteiger partial charge in [0.1, 0.15) is 11.6 Å². The zero-order valence-corrected chi connectivity index (χ0v) is 22.9. The number of nitrogens with zero attached hydrogens (tertiary/aromatic N) is 3. The van der Waals surface area contributed by atoms with Crippen LogP contribution in [0.4, 0.5) is 10.6 Å². The maximum absolute atomic E-state index is 13.3. The number of sulfonamides is 1. The van der Waals surface area contributed by atoms with Crippen LogP contribution in [0, 0.1) is 12.3 Å². The van der Waals surface area contributed by atoms with E-state index in [0.29, 0.717) is 56.5 Å². The number of aromatic nitrogens is 1. The quantitative estimate of drug-likeness (QED) is 0.531. The van der Waals surface area contributed by atoms with Crippen LogP contribution < -0.4 is 14.4 Å². The molecule has 39 heavy (non-hydrogen) atoms. The van der Waals surface area contributed by atoms with Gasteiger partial charge in [0.05, 0.1) is 0 Å². The van der Waals surface area contributed by atoms with Crippen LogP contribution in [0.3, 0.4) is 0 Å². The van der Waals surface area contributed by atoms with E-state index in [0.717, 1.165) is 24.0 Å². The predicted molar refractivity (Wildman–Crippen MR) is 143 cm³/mol. The fourth-order valence-corrected chi connectivity index (χ4v) is 7.21. The van der Waals surface area contributed by atoms with E-state index in [9.17, 15) is 18.0 Å². The van der Waals surface area contributed by atoms with Gasteiger partial charge in [-0.25, -0.2) is 14.5 Å². The third-order valence-electron chi connectivity index (χ3n) is 8.55. The van der Waals surface area contributed by atoms with Gasteiger partial charge in [-0.05, 0) is 55.0 Å². The number of ether oxygens (including phenoxy) is 1. The average molecular weight is 555 g/mol. The van der Waals surface area contributed by atoms with Crippen LogP contribution >= 0.6 is 0 Å². The normalized spacial score (nSPS) is 21.6. The number of carbonyl (C=O) groups excluding carboxylic acids is 1. The standard InChI is InChI=1S/C28H34N4O6S/c1-19-10-11-21(20-6-3-2-4-7-20)22(14-19)38-28(12-13-28)25(33)30-39(36,37)24-9-5-8-23(29-24)31-15-27(16-31)17-32(18-27)26(34)35/h5,8-11,14,20H,2-4,6-7,12-13,15-18H2,1H3,(H,30,33)(H,34,35). The van der Waals surface area contributed by atoms with Crippen molar-refractivity contribution in [3.63, 3.8) is 0 Å². The van der Waals surface area contributed by atoms with Crippen molar-refractivity contribution in [2.75, 3.05) is 31.1 Å². The molecule has 6 rings (SSSR count). The second-order valence-electron chi connectivity index (χ2n) is 11.7. The highest BCUT2D eigenvalue weighted by Gasteiger charge is 2.55. The number of carbonyl (C=O) groups is 2. The summed E-state index contributed by atoms with van der Waals surface area (Å²) in [4.78, 5) is 32.0. The van der Waals surface area contributed by atoms with E-state index in [1.165, 1.54) is 30.2 Å². The number of anilines is 1. The van der Waals surface area contributed by atoms with Crippen molar-refractivity contribution in [3.8, 4) is 5.75 Å². The topological polar surface area (TPSA) is 129 Å². The molecular formula is C28H34N4O6S. The van der Waals surface area contributed by atoms with E-state index < -0.39 is 27.6 Å². The fraction of sp³-hybridized carbons (Fsp3) is 0.536. The molecule has 3 heterocycles. The van der Waals surface area contributed by atoms with Crippen LogP contribution in [0.2, 0.25) is 0 Å². The minimum Gasteiger partial charge on any atom is -0.477 e. The largest absolute Gasteiger partial charge is 0.477 e. The van der Waals surface area contributed by atoms with Gasteiger partial charge in [0.25, 0.3) is 15.9 Å². The summed E-state index contributed by atoms with van der Waals surface area (Å²) in [7, 11) is -4.22. The molecule has 2 aromatic rings. The van der Waals surface area contributed by atoms with Gasteiger partial charge in [0.15, 0.2) is 10.6 Å². The Morgan fingerprint density at radius 3 is 2.44 bits per heavy atom. The lowest BCUT2D eigenvalue weighted by Crippen LogP contribution is -2.73. The van der Waals surface area contributed by atoms with E-state index >= 15 is 0 Å². The van der Waals surface area contributed by atoms with E-state index in [1.807, 2.05) is 17.9 Å². The second kappa shape index (κ2) is 9.39. The Morgan fingerprint density at radius 1 is 1.05 bits per heavy atom. The minimum absolute atomic E-state index is 0.0921. The van der Waals surface area contributed by atoms with Crippen LogP contribution in [-0.4, -0.2) is 67.2 Å². The van der Waals surface area contributed by atoms with Gasteiger partial charge in [-0.2, -0.15) is 8.42 Å². The SMILES string of the molecule is Cc1ccc(C2CCCCC2)c(OC2(C(=O)NS(=O)(=O)c3cccc(N4CC5(CN(C(=O)O)C5)C4)n3)CC2)c1. The number of likely N-dealkylation sites (tertiary alicyclic amines) is 1. The number of nitrogens with one attached hydrogen (secondary N) is 1. The average Bonchev–Trinajstić information content (AvgIpc) is 3.63. The molecule has 0 unspecified atom stereocenters. The molecule has 2 saturated heterocycles. The van der Waals surface area contributed by atoms with Crippen molar-refractivity contribution >= 4 is 27.8 Å². The number of benzene rings is 1. The van der Waals surface area contributed by atoms with E-state index in [1.54, 1.807) is 12.1 Å². The van der Waals surface area contributed by atoms with E-state index in [-0.39, 0.29) is 10.4 Å². The van der Waals surface area contributed by atoms with Gasteiger partial charge in [-0.15, -0.1) is 0 Å². The molecule has 10 nitrogen and oxygen atoms in total. The molecule has 0 atom stereocenters. The first kappa shape index (κ1) is 25.9. The summed E-state index contributed by atoms with van der Waals surface area (Å²) >= 11 is 0. The highest BCUT2D eigenvalue weighted by molar-refractivity contribution is 7.90. The first-order valence-electron chi connectivity index (χ1n) is 13.6. The van der Waals surface area contributed by atoms with Crippen molar-refractivity contribution in [1.29, 1.82) is 0 Å². The molecule has 4 fully saturated rings. The molecule has 11 heteroatoms. The summed E-state index contributed by atoms with van der Waals surface area (Å²) in [6.45, 7) is 4.14. The third kappa shape index (κ3) is 4.92. The van der Waals surface area contributed by atoms with Gasteiger partial charge in [-0.1, -0.05) is 37.5 Å². The molecule has 1 aromatic carbocycles. The molecule has 2 amide bonds. The van der Waals surface area contributed by atoms with E-state index in [4.69, 9.17) is 9.84 Å². The molecule has 4 aliphatic rings. The van der Waals surface area contributed by atoms with E-state index in [2.05, 4.69) is 21.8 Å². The number of rotatable bonds is 7. The lowest BCUT2D eigenvalue weighted by molar-refractivity contribution is -0.128. The first-order chi connectivity index (χ1) is 18.6. The number of amides is 2. The van der Waals surface area contributed by atoms with Gasteiger partial charge in [-0.3, -0.25) is 4.79 Å².